The maximum Gasteiger partial charge on any atom is 0.274 e. The van der Waals surface area contributed by atoms with Crippen LogP contribution in [-0.4, -0.2) is 37.4 Å². The van der Waals surface area contributed by atoms with E-state index in [-0.39, 0.29) is 16.6 Å². The van der Waals surface area contributed by atoms with Gasteiger partial charge < -0.3 is 15.0 Å². The Kier molecular flexibility index (Phi) is 7.62. The molecule has 3 N–H and O–H groups in total. The number of aromatic amines is 1. The number of sulfonamides is 1. The van der Waals surface area contributed by atoms with E-state index in [4.69, 9.17) is 4.74 Å². The molecule has 10 heteroatoms. The molecule has 184 valence electrons. The zero-order chi connectivity index (χ0) is 24.8. The summed E-state index contributed by atoms with van der Waals surface area (Å²) in [5.74, 6) is 0.498. The highest BCUT2D eigenvalue weighted by Crippen LogP contribution is 2.21. The Morgan fingerprint density at radius 3 is 2.40 bits per heavy atom. The molecule has 4 rings (SSSR count). The Morgan fingerprint density at radius 2 is 1.74 bits per heavy atom. The summed E-state index contributed by atoms with van der Waals surface area (Å²) in [4.78, 5) is 31.9. The van der Waals surface area contributed by atoms with Crippen molar-refractivity contribution in [1.29, 1.82) is 0 Å². The van der Waals surface area contributed by atoms with Crippen molar-refractivity contribution in [3.8, 4) is 5.75 Å². The van der Waals surface area contributed by atoms with Gasteiger partial charge in [-0.05, 0) is 54.8 Å². The Balaban J connectivity index is 1.43. The van der Waals surface area contributed by atoms with Gasteiger partial charge in [0.1, 0.15) is 17.3 Å². The fraction of sp³-hybridized carbons (Fsp3) is 0.320. The third-order valence-corrected chi connectivity index (χ3v) is 7.44. The van der Waals surface area contributed by atoms with Crippen molar-refractivity contribution >= 4 is 21.6 Å². The van der Waals surface area contributed by atoms with Gasteiger partial charge in [-0.25, -0.2) is 18.1 Å². The van der Waals surface area contributed by atoms with Gasteiger partial charge in [-0.1, -0.05) is 31.4 Å². The van der Waals surface area contributed by atoms with Crippen LogP contribution in [-0.2, 0) is 16.4 Å². The fourth-order valence-electron chi connectivity index (χ4n) is 4.07. The van der Waals surface area contributed by atoms with Gasteiger partial charge in [0.25, 0.3) is 11.5 Å². The van der Waals surface area contributed by atoms with Crippen LogP contribution in [0, 0.1) is 0 Å². The van der Waals surface area contributed by atoms with Crippen LogP contribution in [0.3, 0.4) is 0 Å². The molecule has 0 spiro atoms. The lowest BCUT2D eigenvalue weighted by molar-refractivity contribution is 0.102. The molecular formula is C25H28N4O5S. The second-order valence-electron chi connectivity index (χ2n) is 8.54. The molecule has 1 heterocycles. The Hall–Kier alpha value is -3.50. The number of H-pyrrole nitrogens is 1. The molecule has 1 aliphatic rings. The number of rotatable bonds is 8. The number of hydrogen-bond acceptors (Lipinski definition) is 6. The van der Waals surface area contributed by atoms with Gasteiger partial charge in [-0.3, -0.25) is 9.59 Å². The van der Waals surface area contributed by atoms with Crippen LogP contribution in [0.15, 0.2) is 64.3 Å². The first-order chi connectivity index (χ1) is 16.8. The first kappa shape index (κ1) is 24.6. The van der Waals surface area contributed by atoms with Crippen LogP contribution < -0.4 is 20.3 Å². The van der Waals surface area contributed by atoms with Crippen LogP contribution >= 0.6 is 0 Å². The van der Waals surface area contributed by atoms with Gasteiger partial charge in [0.15, 0.2) is 0 Å². The molecule has 1 amide bonds. The molecule has 0 bridgehead atoms. The topological polar surface area (TPSA) is 130 Å². The maximum absolute atomic E-state index is 12.7. The van der Waals surface area contributed by atoms with Crippen molar-refractivity contribution in [2.24, 2.45) is 0 Å². The highest BCUT2D eigenvalue weighted by Gasteiger charge is 2.22. The van der Waals surface area contributed by atoms with Gasteiger partial charge in [0.05, 0.1) is 12.0 Å². The summed E-state index contributed by atoms with van der Waals surface area (Å²) in [6, 6.07) is 14.3. The Morgan fingerprint density at radius 1 is 1.06 bits per heavy atom. The number of nitrogens with one attached hydrogen (secondary N) is 3. The maximum atomic E-state index is 12.7. The summed E-state index contributed by atoms with van der Waals surface area (Å²) in [6.45, 7) is 0. The number of hydrogen-bond donors (Lipinski definition) is 3. The van der Waals surface area contributed by atoms with Gasteiger partial charge in [-0.2, -0.15) is 0 Å². The summed E-state index contributed by atoms with van der Waals surface area (Å²) in [7, 11) is -2.05. The lowest BCUT2D eigenvalue weighted by Gasteiger charge is -2.22. The molecule has 1 saturated carbocycles. The van der Waals surface area contributed by atoms with Gasteiger partial charge >= 0.3 is 0 Å². The molecule has 35 heavy (non-hydrogen) atoms. The van der Waals surface area contributed by atoms with E-state index in [1.54, 1.807) is 19.2 Å². The minimum atomic E-state index is -3.63. The van der Waals surface area contributed by atoms with Crippen molar-refractivity contribution in [1.82, 2.24) is 14.7 Å². The lowest BCUT2D eigenvalue weighted by atomic mass is 9.96. The molecular weight excluding hydrogens is 468 g/mol. The van der Waals surface area contributed by atoms with Crippen molar-refractivity contribution in [2.75, 3.05) is 12.4 Å². The third-order valence-electron chi connectivity index (χ3n) is 5.90. The van der Waals surface area contributed by atoms with Gasteiger partial charge in [0, 0.05) is 24.2 Å². The highest BCUT2D eigenvalue weighted by molar-refractivity contribution is 7.89. The third kappa shape index (κ3) is 6.55. The van der Waals surface area contributed by atoms with E-state index in [9.17, 15) is 18.0 Å². The molecule has 3 aromatic rings. The number of nitrogens with zero attached hydrogens (tertiary/aromatic N) is 1. The lowest BCUT2D eigenvalue weighted by Crippen LogP contribution is -2.36. The van der Waals surface area contributed by atoms with Crippen LogP contribution in [0.25, 0.3) is 0 Å². The van der Waals surface area contributed by atoms with E-state index in [0.29, 0.717) is 23.7 Å². The number of benzene rings is 2. The van der Waals surface area contributed by atoms with Crippen molar-refractivity contribution in [3.63, 3.8) is 0 Å². The number of anilines is 1. The average molecular weight is 497 g/mol. The van der Waals surface area contributed by atoms with Crippen LogP contribution in [0.5, 0.6) is 5.75 Å². The quantitative estimate of drug-likeness (QED) is 0.439. The second-order valence-corrected chi connectivity index (χ2v) is 10.3. The Bertz CT molecular complexity index is 1330. The van der Waals surface area contributed by atoms with E-state index in [2.05, 4.69) is 20.0 Å². The van der Waals surface area contributed by atoms with E-state index < -0.39 is 21.5 Å². The van der Waals surface area contributed by atoms with E-state index >= 15 is 0 Å². The number of ether oxygens (including phenoxy) is 1. The number of carbonyl (C=O) groups excluding carboxylic acids is 1. The smallest absolute Gasteiger partial charge is 0.274 e. The first-order valence-corrected chi connectivity index (χ1v) is 13.0. The molecule has 0 aliphatic heterocycles. The normalized spacial score (nSPS) is 14.4. The van der Waals surface area contributed by atoms with E-state index in [1.165, 1.54) is 24.3 Å². The summed E-state index contributed by atoms with van der Waals surface area (Å²) in [5.41, 5.74) is 0.812. The summed E-state index contributed by atoms with van der Waals surface area (Å²) in [5, 5.41) is 2.67. The van der Waals surface area contributed by atoms with Gasteiger partial charge in [0.2, 0.25) is 10.0 Å². The number of amides is 1. The van der Waals surface area contributed by atoms with E-state index in [0.717, 1.165) is 43.7 Å². The van der Waals surface area contributed by atoms with E-state index in [1.807, 2.05) is 12.1 Å². The monoisotopic (exact) mass is 496 g/mol. The molecule has 0 atom stereocenters. The average Bonchev–Trinajstić information content (AvgIpc) is 2.85. The molecule has 9 nitrogen and oxygen atoms in total. The molecule has 1 aliphatic carbocycles. The summed E-state index contributed by atoms with van der Waals surface area (Å²) in [6.07, 6.45) is 5.21. The summed E-state index contributed by atoms with van der Waals surface area (Å²) < 4.78 is 33.2. The van der Waals surface area contributed by atoms with Crippen molar-refractivity contribution in [3.05, 3.63) is 82.0 Å². The highest BCUT2D eigenvalue weighted by atomic mass is 32.2. The predicted octanol–water partition coefficient (Wildman–Crippen LogP) is 3.23. The zero-order valence-corrected chi connectivity index (χ0v) is 20.2. The van der Waals surface area contributed by atoms with Crippen LogP contribution in [0.4, 0.5) is 5.69 Å². The minimum absolute atomic E-state index is 0.0343. The molecule has 0 saturated heterocycles. The molecule has 0 radical (unpaired) electrons. The molecule has 1 fully saturated rings. The van der Waals surface area contributed by atoms with Crippen LogP contribution in [0.2, 0.25) is 0 Å². The largest absolute Gasteiger partial charge is 0.497 e. The Labute approximate surface area is 204 Å². The van der Waals surface area contributed by atoms with Gasteiger partial charge in [-0.15, -0.1) is 0 Å². The molecule has 2 aromatic carbocycles. The van der Waals surface area contributed by atoms with Crippen molar-refractivity contribution in [2.45, 2.75) is 49.5 Å². The SMILES string of the molecule is COc1ccc(Cc2nc(C(=O)Nc3ccc(S(=O)(=O)NC4CCCCC4)cc3)cc(=O)[nH]2)cc1. The zero-order valence-electron chi connectivity index (χ0n) is 19.4. The molecule has 1 aromatic heterocycles. The number of methoxy groups -OCH3 is 1. The first-order valence-electron chi connectivity index (χ1n) is 11.5. The van der Waals surface area contributed by atoms with Crippen molar-refractivity contribution < 1.29 is 17.9 Å². The van der Waals surface area contributed by atoms with Crippen LogP contribution in [0.1, 0.15) is 54.0 Å². The number of aromatic nitrogens is 2. The summed E-state index contributed by atoms with van der Waals surface area (Å²) >= 11 is 0. The predicted molar refractivity (Wildman–Crippen MR) is 132 cm³/mol. The number of carbonyl (C=O) groups is 1. The molecule has 0 unspecified atom stereocenters. The second kappa shape index (κ2) is 10.8. The standard InChI is InChI=1S/C25H28N4O5S/c1-34-20-11-7-17(8-12-20)15-23-27-22(16-24(30)28-23)25(31)26-18-9-13-21(14-10-18)35(32,33)29-19-5-3-2-4-6-19/h7-14,16,19,29H,2-6,15H2,1H3,(H,26,31)(H,27,28,30). The fourth-order valence-corrected chi connectivity index (χ4v) is 5.37. The minimum Gasteiger partial charge on any atom is -0.497 e.